The Hall–Kier alpha value is -3.18. The van der Waals surface area contributed by atoms with E-state index < -0.39 is 6.36 Å². The van der Waals surface area contributed by atoms with Crippen molar-refractivity contribution in [3.63, 3.8) is 0 Å². The molecule has 11 heteroatoms. The van der Waals surface area contributed by atoms with Crippen LogP contribution in [0.15, 0.2) is 36.5 Å². The lowest BCUT2D eigenvalue weighted by molar-refractivity contribution is -0.274. The van der Waals surface area contributed by atoms with Crippen LogP contribution in [0.2, 0.25) is 0 Å². The summed E-state index contributed by atoms with van der Waals surface area (Å²) in [5.74, 6) is -1.15. The summed E-state index contributed by atoms with van der Waals surface area (Å²) in [5.41, 5.74) is 2.29. The van der Waals surface area contributed by atoms with Crippen molar-refractivity contribution in [2.45, 2.75) is 44.3 Å². The molecule has 0 saturated carbocycles. The molecule has 2 aromatic heterocycles. The van der Waals surface area contributed by atoms with Crippen LogP contribution in [0.5, 0.6) is 5.75 Å². The molecule has 2 fully saturated rings. The monoisotopic (exact) mass is 506 g/mol. The van der Waals surface area contributed by atoms with Gasteiger partial charge in [-0.2, -0.15) is 0 Å². The number of aromatic amines is 1. The van der Waals surface area contributed by atoms with Crippen molar-refractivity contribution in [2.75, 3.05) is 26.2 Å². The number of benzene rings is 1. The molecular formula is C25H26F4N4O3. The SMILES string of the molecule is CC1CNCC(c2cc3c(C4CCN(C(=O)c5ccc(OC(F)(F)F)cc5)CC4)c(F)cnc3[nH]2)O1. The number of carbonyl (C=O) groups excluding carboxylic acids is 1. The number of amides is 1. The topological polar surface area (TPSA) is 79.5 Å². The molecule has 7 nitrogen and oxygen atoms in total. The lowest BCUT2D eigenvalue weighted by atomic mass is 9.87. The number of likely N-dealkylation sites (tertiary alicyclic amines) is 1. The van der Waals surface area contributed by atoms with Crippen molar-refractivity contribution in [3.8, 4) is 5.75 Å². The average Bonchev–Trinajstić information content (AvgIpc) is 3.28. The zero-order valence-corrected chi connectivity index (χ0v) is 19.6. The van der Waals surface area contributed by atoms with E-state index in [0.29, 0.717) is 43.7 Å². The van der Waals surface area contributed by atoms with Gasteiger partial charge in [0.05, 0.1) is 12.3 Å². The van der Waals surface area contributed by atoms with Gasteiger partial charge in [-0.05, 0) is 56.0 Å². The van der Waals surface area contributed by atoms with Crippen molar-refractivity contribution in [2.24, 2.45) is 0 Å². The number of hydrogen-bond donors (Lipinski definition) is 2. The van der Waals surface area contributed by atoms with E-state index in [1.807, 2.05) is 13.0 Å². The van der Waals surface area contributed by atoms with Gasteiger partial charge in [-0.3, -0.25) is 4.79 Å². The van der Waals surface area contributed by atoms with Gasteiger partial charge in [-0.15, -0.1) is 13.2 Å². The fourth-order valence-corrected chi connectivity index (χ4v) is 5.01. The number of aromatic nitrogens is 2. The number of hydrogen-bond acceptors (Lipinski definition) is 5. The van der Waals surface area contributed by atoms with Gasteiger partial charge in [0.1, 0.15) is 23.3 Å². The first kappa shape index (κ1) is 24.5. The minimum absolute atomic E-state index is 0.0644. The van der Waals surface area contributed by atoms with Gasteiger partial charge in [-0.25, -0.2) is 9.37 Å². The highest BCUT2D eigenvalue weighted by Gasteiger charge is 2.32. The van der Waals surface area contributed by atoms with Crippen LogP contribution in [-0.4, -0.2) is 59.4 Å². The van der Waals surface area contributed by atoms with Crippen molar-refractivity contribution >= 4 is 16.9 Å². The minimum atomic E-state index is -4.79. The highest BCUT2D eigenvalue weighted by atomic mass is 19.4. The molecule has 36 heavy (non-hydrogen) atoms. The number of nitrogens with zero attached hydrogens (tertiary/aromatic N) is 2. The molecular weight excluding hydrogens is 480 g/mol. The second-order valence-electron chi connectivity index (χ2n) is 9.24. The number of piperidine rings is 1. The predicted molar refractivity (Wildman–Crippen MR) is 123 cm³/mol. The third-order valence-corrected chi connectivity index (χ3v) is 6.70. The van der Waals surface area contributed by atoms with Crippen LogP contribution in [0.25, 0.3) is 11.0 Å². The smallest absolute Gasteiger partial charge is 0.406 e. The van der Waals surface area contributed by atoms with E-state index in [-0.39, 0.29) is 41.2 Å². The summed E-state index contributed by atoms with van der Waals surface area (Å²) < 4.78 is 62.0. The molecule has 1 aromatic carbocycles. The minimum Gasteiger partial charge on any atom is -0.406 e. The fourth-order valence-electron chi connectivity index (χ4n) is 5.01. The van der Waals surface area contributed by atoms with Gasteiger partial charge in [-0.1, -0.05) is 0 Å². The Morgan fingerprint density at radius 1 is 1.17 bits per heavy atom. The van der Waals surface area contributed by atoms with Gasteiger partial charge in [0.15, 0.2) is 0 Å². The Balaban J connectivity index is 1.28. The third-order valence-electron chi connectivity index (χ3n) is 6.70. The molecule has 2 saturated heterocycles. The Morgan fingerprint density at radius 3 is 2.56 bits per heavy atom. The third kappa shape index (κ3) is 5.17. The summed E-state index contributed by atoms with van der Waals surface area (Å²) in [6.07, 6.45) is -2.57. The quantitative estimate of drug-likeness (QED) is 0.503. The lowest BCUT2D eigenvalue weighted by Gasteiger charge is -2.32. The van der Waals surface area contributed by atoms with E-state index in [9.17, 15) is 18.0 Å². The highest BCUT2D eigenvalue weighted by molar-refractivity contribution is 5.94. The molecule has 4 heterocycles. The van der Waals surface area contributed by atoms with Gasteiger partial charge in [0, 0.05) is 48.4 Å². The standard InChI is InChI=1S/C25H26F4N4O3/c1-14-11-30-13-21(35-14)20-10-18-22(19(26)12-31-23(18)32-20)15-6-8-33(9-7-15)24(34)16-2-4-17(5-3-16)36-25(27,28)29/h2-5,10,12,14-15,21,30H,6-9,11,13H2,1H3,(H,31,32). The van der Waals surface area contributed by atoms with E-state index in [1.54, 1.807) is 4.90 Å². The molecule has 2 atom stereocenters. The summed E-state index contributed by atoms with van der Waals surface area (Å²) >= 11 is 0. The number of alkyl halides is 3. The maximum Gasteiger partial charge on any atom is 0.573 e. The van der Waals surface area contributed by atoms with Crippen LogP contribution >= 0.6 is 0 Å². The molecule has 0 radical (unpaired) electrons. The Bertz CT molecular complexity index is 1240. The number of nitrogens with one attached hydrogen (secondary N) is 2. The molecule has 0 aliphatic carbocycles. The van der Waals surface area contributed by atoms with Gasteiger partial charge < -0.3 is 24.7 Å². The van der Waals surface area contributed by atoms with Crippen LogP contribution < -0.4 is 10.1 Å². The number of carbonyl (C=O) groups is 1. The van der Waals surface area contributed by atoms with Crippen molar-refractivity contribution in [1.29, 1.82) is 0 Å². The largest absolute Gasteiger partial charge is 0.573 e. The number of morpholine rings is 1. The van der Waals surface area contributed by atoms with Crippen LogP contribution in [0, 0.1) is 5.82 Å². The summed E-state index contributed by atoms with van der Waals surface area (Å²) in [7, 11) is 0. The molecule has 0 spiro atoms. The molecule has 0 bridgehead atoms. The molecule has 2 unspecified atom stereocenters. The number of ether oxygens (including phenoxy) is 2. The zero-order chi connectivity index (χ0) is 25.4. The number of rotatable bonds is 4. The number of H-pyrrole nitrogens is 1. The number of halogens is 4. The fraction of sp³-hybridized carbons (Fsp3) is 0.440. The average molecular weight is 507 g/mol. The first-order chi connectivity index (χ1) is 17.2. The summed E-state index contributed by atoms with van der Waals surface area (Å²) in [5, 5.41) is 4.04. The molecule has 3 aromatic rings. The molecule has 5 rings (SSSR count). The summed E-state index contributed by atoms with van der Waals surface area (Å²) in [6.45, 7) is 4.22. The van der Waals surface area contributed by atoms with E-state index >= 15 is 4.39 Å². The van der Waals surface area contributed by atoms with Crippen LogP contribution in [0.4, 0.5) is 17.6 Å². The first-order valence-corrected chi connectivity index (χ1v) is 11.9. The zero-order valence-electron chi connectivity index (χ0n) is 19.6. The van der Waals surface area contributed by atoms with Gasteiger partial charge in [0.2, 0.25) is 0 Å². The Labute approximate surface area is 204 Å². The van der Waals surface area contributed by atoms with Crippen molar-refractivity contribution in [1.82, 2.24) is 20.2 Å². The number of pyridine rings is 1. The van der Waals surface area contributed by atoms with E-state index in [0.717, 1.165) is 29.8 Å². The molecule has 2 aliphatic heterocycles. The highest BCUT2D eigenvalue weighted by Crippen LogP contribution is 2.36. The predicted octanol–water partition coefficient (Wildman–Crippen LogP) is 4.67. The van der Waals surface area contributed by atoms with Gasteiger partial charge >= 0.3 is 6.36 Å². The van der Waals surface area contributed by atoms with Crippen LogP contribution in [0.3, 0.4) is 0 Å². The van der Waals surface area contributed by atoms with Gasteiger partial charge in [0.25, 0.3) is 5.91 Å². The second-order valence-corrected chi connectivity index (χ2v) is 9.24. The normalized spacial score (nSPS) is 21.6. The van der Waals surface area contributed by atoms with E-state index in [2.05, 4.69) is 20.0 Å². The molecule has 2 N–H and O–H groups in total. The maximum atomic E-state index is 15.0. The summed E-state index contributed by atoms with van der Waals surface area (Å²) in [4.78, 5) is 22.0. The maximum absolute atomic E-state index is 15.0. The lowest BCUT2D eigenvalue weighted by Crippen LogP contribution is -2.39. The van der Waals surface area contributed by atoms with Crippen LogP contribution in [-0.2, 0) is 4.74 Å². The number of fused-ring (bicyclic) bond motifs is 1. The van der Waals surface area contributed by atoms with Crippen LogP contribution in [0.1, 0.15) is 53.4 Å². The van der Waals surface area contributed by atoms with Crippen molar-refractivity contribution < 1.29 is 31.8 Å². The van der Waals surface area contributed by atoms with Crippen molar-refractivity contribution in [3.05, 3.63) is 59.2 Å². The Morgan fingerprint density at radius 2 is 1.89 bits per heavy atom. The van der Waals surface area contributed by atoms with E-state index in [4.69, 9.17) is 4.74 Å². The Kier molecular flexibility index (Phi) is 6.60. The first-order valence-electron chi connectivity index (χ1n) is 11.9. The summed E-state index contributed by atoms with van der Waals surface area (Å²) in [6, 6.07) is 6.77. The molecule has 192 valence electrons. The van der Waals surface area contributed by atoms with E-state index in [1.165, 1.54) is 18.3 Å². The molecule has 1 amide bonds. The second kappa shape index (κ2) is 9.70. The molecule has 2 aliphatic rings.